The zero-order valence-corrected chi connectivity index (χ0v) is 11.4. The van der Waals surface area contributed by atoms with E-state index in [4.69, 9.17) is 15.3 Å². The number of hydrogen-bond donors (Lipinski definition) is 1. The molecular formula is C13H15N5O2. The van der Waals surface area contributed by atoms with Gasteiger partial charge in [0.25, 0.3) is 0 Å². The van der Waals surface area contributed by atoms with Gasteiger partial charge in [-0.15, -0.1) is 0 Å². The van der Waals surface area contributed by atoms with Crippen LogP contribution in [0.2, 0.25) is 0 Å². The second kappa shape index (κ2) is 7.59. The Labute approximate surface area is 117 Å². The van der Waals surface area contributed by atoms with E-state index in [-0.39, 0.29) is 12.2 Å². The first-order valence-corrected chi connectivity index (χ1v) is 6.07. The van der Waals surface area contributed by atoms with E-state index in [0.29, 0.717) is 18.8 Å². The van der Waals surface area contributed by atoms with E-state index in [9.17, 15) is 4.79 Å². The van der Waals surface area contributed by atoms with Crippen LogP contribution < -0.4 is 5.32 Å². The molecule has 0 atom stereocenters. The Hall–Kier alpha value is -2.80. The highest BCUT2D eigenvalue weighted by Crippen LogP contribution is 2.11. The third kappa shape index (κ3) is 4.14. The van der Waals surface area contributed by atoms with Crippen molar-refractivity contribution < 1.29 is 9.53 Å². The van der Waals surface area contributed by atoms with Crippen molar-refractivity contribution in [2.24, 2.45) is 0 Å². The van der Waals surface area contributed by atoms with Gasteiger partial charge >= 0.3 is 5.97 Å². The molecule has 1 rings (SSSR count). The number of hydrogen-bond acceptors (Lipinski definition) is 6. The van der Waals surface area contributed by atoms with Gasteiger partial charge in [0.1, 0.15) is 11.9 Å². The molecule has 0 saturated heterocycles. The molecule has 7 nitrogen and oxygen atoms in total. The molecule has 7 heteroatoms. The zero-order chi connectivity index (χ0) is 15.0. The van der Waals surface area contributed by atoms with E-state index in [2.05, 4.69) is 10.4 Å². The molecule has 0 aliphatic carbocycles. The summed E-state index contributed by atoms with van der Waals surface area (Å²) in [6.07, 6.45) is 1.60. The summed E-state index contributed by atoms with van der Waals surface area (Å²) >= 11 is 0. The largest absolute Gasteiger partial charge is 0.462 e. The van der Waals surface area contributed by atoms with Gasteiger partial charge in [-0.2, -0.15) is 15.6 Å². The van der Waals surface area contributed by atoms with Gasteiger partial charge in [0.2, 0.25) is 0 Å². The van der Waals surface area contributed by atoms with Crippen molar-refractivity contribution in [1.82, 2.24) is 9.78 Å². The SMILES string of the molecule is CCOC(=O)/C(C#N)=C/Nc1cc(C)nn1CCC#N. The second-order valence-electron chi connectivity index (χ2n) is 3.84. The Morgan fingerprint density at radius 1 is 1.60 bits per heavy atom. The highest BCUT2D eigenvalue weighted by Gasteiger charge is 2.10. The number of anilines is 1. The summed E-state index contributed by atoms with van der Waals surface area (Å²) in [5.74, 6) is -0.0721. The van der Waals surface area contributed by atoms with E-state index in [0.717, 1.165) is 5.69 Å². The van der Waals surface area contributed by atoms with E-state index in [1.165, 1.54) is 6.20 Å². The number of carbonyl (C=O) groups excluding carboxylic acids is 1. The minimum absolute atomic E-state index is 0.127. The van der Waals surface area contributed by atoms with Crippen LogP contribution in [0.15, 0.2) is 17.8 Å². The molecule has 0 fully saturated rings. The van der Waals surface area contributed by atoms with Crippen LogP contribution in [0.25, 0.3) is 0 Å². The van der Waals surface area contributed by atoms with Gasteiger partial charge in [0.15, 0.2) is 5.57 Å². The van der Waals surface area contributed by atoms with Crippen LogP contribution in [0.3, 0.4) is 0 Å². The first-order valence-electron chi connectivity index (χ1n) is 6.07. The molecule has 1 N–H and O–H groups in total. The molecule has 104 valence electrons. The maximum Gasteiger partial charge on any atom is 0.350 e. The average Bonchev–Trinajstić information content (AvgIpc) is 2.77. The summed E-state index contributed by atoms with van der Waals surface area (Å²) in [7, 11) is 0. The molecule has 0 amide bonds. The lowest BCUT2D eigenvalue weighted by Crippen LogP contribution is -2.09. The lowest BCUT2D eigenvalue weighted by molar-refractivity contribution is -0.138. The van der Waals surface area contributed by atoms with Crippen LogP contribution >= 0.6 is 0 Å². The third-order valence-electron chi connectivity index (χ3n) is 2.32. The number of ether oxygens (including phenoxy) is 1. The Balaban J connectivity index is 2.85. The molecule has 1 aromatic rings. The summed E-state index contributed by atoms with van der Waals surface area (Å²) in [5.41, 5.74) is 0.644. The zero-order valence-electron chi connectivity index (χ0n) is 11.4. The molecule has 1 heterocycles. The number of nitrogens with zero attached hydrogens (tertiary/aromatic N) is 4. The maximum atomic E-state index is 11.4. The second-order valence-corrected chi connectivity index (χ2v) is 3.84. The fourth-order valence-electron chi connectivity index (χ4n) is 1.48. The highest BCUT2D eigenvalue weighted by molar-refractivity contribution is 5.93. The van der Waals surface area contributed by atoms with Crippen LogP contribution in [0.1, 0.15) is 19.0 Å². The van der Waals surface area contributed by atoms with Crippen molar-refractivity contribution in [3.05, 3.63) is 23.5 Å². The number of aryl methyl sites for hydroxylation is 2. The summed E-state index contributed by atoms with van der Waals surface area (Å²) in [6.45, 7) is 4.12. The first-order chi connectivity index (χ1) is 9.62. The average molecular weight is 273 g/mol. The molecule has 0 bridgehead atoms. The van der Waals surface area contributed by atoms with Gasteiger partial charge in [-0.05, 0) is 13.8 Å². The molecular weight excluding hydrogens is 258 g/mol. The number of rotatable bonds is 6. The molecule has 0 aliphatic rings. The monoisotopic (exact) mass is 273 g/mol. The summed E-state index contributed by atoms with van der Waals surface area (Å²) in [4.78, 5) is 11.4. The van der Waals surface area contributed by atoms with E-state index >= 15 is 0 Å². The molecule has 20 heavy (non-hydrogen) atoms. The van der Waals surface area contributed by atoms with Crippen molar-refractivity contribution in [1.29, 1.82) is 10.5 Å². The molecule has 1 aromatic heterocycles. The molecule has 0 spiro atoms. The van der Waals surface area contributed by atoms with Crippen molar-refractivity contribution >= 4 is 11.8 Å². The summed E-state index contributed by atoms with van der Waals surface area (Å²) in [5, 5.41) is 24.5. The lowest BCUT2D eigenvalue weighted by Gasteiger charge is -2.05. The fraction of sp³-hybridized carbons (Fsp3) is 0.385. The number of aromatic nitrogens is 2. The van der Waals surface area contributed by atoms with E-state index < -0.39 is 5.97 Å². The summed E-state index contributed by atoms with van der Waals surface area (Å²) in [6, 6.07) is 5.56. The quantitative estimate of drug-likeness (QED) is 0.478. The molecule has 0 unspecified atom stereocenters. The lowest BCUT2D eigenvalue weighted by atomic mass is 10.3. The van der Waals surface area contributed by atoms with Crippen LogP contribution in [-0.4, -0.2) is 22.4 Å². The molecule has 0 saturated carbocycles. The number of nitriles is 2. The first kappa shape index (κ1) is 15.3. The standard InChI is InChI=1S/C13H15N5O2/c1-3-20-13(19)11(8-15)9-16-12-7-10(2)17-18(12)6-4-5-14/h7,9,16H,3-4,6H2,1-2H3/b11-9+. The Bertz CT molecular complexity index is 589. The van der Waals surface area contributed by atoms with E-state index in [1.54, 1.807) is 23.7 Å². The van der Waals surface area contributed by atoms with Crippen molar-refractivity contribution in [2.75, 3.05) is 11.9 Å². The maximum absolute atomic E-state index is 11.4. The predicted octanol–water partition coefficient (Wildman–Crippen LogP) is 1.49. The van der Waals surface area contributed by atoms with Gasteiger partial charge in [0.05, 0.1) is 31.3 Å². The number of carbonyl (C=O) groups is 1. The van der Waals surface area contributed by atoms with Crippen molar-refractivity contribution in [3.63, 3.8) is 0 Å². The van der Waals surface area contributed by atoms with Crippen LogP contribution in [0.4, 0.5) is 5.82 Å². The molecule has 0 aromatic carbocycles. The smallest absolute Gasteiger partial charge is 0.350 e. The molecule has 0 radical (unpaired) electrons. The Kier molecular flexibility index (Phi) is 5.79. The van der Waals surface area contributed by atoms with Crippen LogP contribution in [-0.2, 0) is 16.1 Å². The normalized spacial score (nSPS) is 10.5. The predicted molar refractivity (Wildman–Crippen MR) is 71.1 cm³/mol. The van der Waals surface area contributed by atoms with Gasteiger partial charge in [-0.25, -0.2) is 9.48 Å². The highest BCUT2D eigenvalue weighted by atomic mass is 16.5. The number of nitrogens with one attached hydrogen (secondary N) is 1. The van der Waals surface area contributed by atoms with Crippen molar-refractivity contribution in [3.8, 4) is 12.1 Å². The fourth-order valence-corrected chi connectivity index (χ4v) is 1.48. The topological polar surface area (TPSA) is 104 Å². The number of esters is 1. The molecule has 0 aliphatic heterocycles. The van der Waals surface area contributed by atoms with Gasteiger partial charge in [0, 0.05) is 12.3 Å². The Morgan fingerprint density at radius 2 is 2.35 bits per heavy atom. The third-order valence-corrected chi connectivity index (χ3v) is 2.32. The van der Waals surface area contributed by atoms with Crippen LogP contribution in [0.5, 0.6) is 0 Å². The minimum Gasteiger partial charge on any atom is -0.462 e. The van der Waals surface area contributed by atoms with Crippen molar-refractivity contribution in [2.45, 2.75) is 26.8 Å². The van der Waals surface area contributed by atoms with E-state index in [1.807, 2.05) is 13.0 Å². The van der Waals surface area contributed by atoms with Gasteiger partial charge < -0.3 is 10.1 Å². The van der Waals surface area contributed by atoms with Gasteiger partial charge in [-0.1, -0.05) is 0 Å². The van der Waals surface area contributed by atoms with Crippen LogP contribution in [0, 0.1) is 29.6 Å². The Morgan fingerprint density at radius 3 is 2.95 bits per heavy atom. The minimum atomic E-state index is -0.678. The van der Waals surface area contributed by atoms with Gasteiger partial charge in [-0.3, -0.25) is 0 Å². The summed E-state index contributed by atoms with van der Waals surface area (Å²) < 4.78 is 6.35.